The average molecular weight is 234 g/mol. The molecule has 0 aliphatic heterocycles. The number of alkyl halides is 1. The summed E-state index contributed by atoms with van der Waals surface area (Å²) < 4.78 is 17.1. The summed E-state index contributed by atoms with van der Waals surface area (Å²) >= 11 is 0. The topological polar surface area (TPSA) is 36.9 Å². The van der Waals surface area contributed by atoms with E-state index in [1.807, 2.05) is 24.3 Å². The second-order valence-corrected chi connectivity index (χ2v) is 3.14. The van der Waals surface area contributed by atoms with E-state index in [2.05, 4.69) is 5.73 Å². The summed E-state index contributed by atoms with van der Waals surface area (Å²) in [7, 11) is 0. The molecule has 4 heteroatoms. The summed E-state index contributed by atoms with van der Waals surface area (Å²) in [6, 6.07) is 7.89. The van der Waals surface area contributed by atoms with Crippen LogP contribution in [0, 0.1) is 0 Å². The molecular weight excluding hydrogens is 217 g/mol. The van der Waals surface area contributed by atoms with Crippen molar-refractivity contribution in [2.45, 2.75) is 12.8 Å². The molecule has 0 saturated heterocycles. The Morgan fingerprint density at radius 1 is 1.20 bits per heavy atom. The van der Waals surface area contributed by atoms with Crippen molar-refractivity contribution in [1.82, 2.24) is 0 Å². The van der Waals surface area contributed by atoms with Crippen molar-refractivity contribution < 1.29 is 27.3 Å². The van der Waals surface area contributed by atoms with Crippen LogP contribution in [-0.4, -0.2) is 19.8 Å². The largest absolute Gasteiger partial charge is 1.00 e. The first-order valence-electron chi connectivity index (χ1n) is 4.93. The van der Waals surface area contributed by atoms with Gasteiger partial charge in [-0.15, -0.1) is 0 Å². The summed E-state index contributed by atoms with van der Waals surface area (Å²) in [5.74, 6) is 0.811. The maximum Gasteiger partial charge on any atom is 0.119 e. The standard InChI is InChI=1S/C11H16FNO.ClH/c12-7-1-9-14-11-4-2-10(3-5-11)6-8-13;/h2-5H,1,6-9,13H2;1H. The van der Waals surface area contributed by atoms with Crippen molar-refractivity contribution in [3.05, 3.63) is 29.8 Å². The van der Waals surface area contributed by atoms with Gasteiger partial charge in [0.1, 0.15) is 5.75 Å². The van der Waals surface area contributed by atoms with Crippen molar-refractivity contribution in [1.29, 1.82) is 0 Å². The van der Waals surface area contributed by atoms with Crippen LogP contribution in [0.15, 0.2) is 24.3 Å². The van der Waals surface area contributed by atoms with Gasteiger partial charge in [-0.25, -0.2) is 0 Å². The molecule has 15 heavy (non-hydrogen) atoms. The number of benzene rings is 1. The predicted octanol–water partition coefficient (Wildman–Crippen LogP) is -1.79. The van der Waals surface area contributed by atoms with Crippen molar-refractivity contribution in [2.75, 3.05) is 19.8 Å². The lowest BCUT2D eigenvalue weighted by Gasteiger charge is -2.05. The van der Waals surface area contributed by atoms with E-state index in [1.54, 1.807) is 0 Å². The van der Waals surface area contributed by atoms with E-state index >= 15 is 0 Å². The molecule has 0 spiro atoms. The summed E-state index contributed by atoms with van der Waals surface area (Å²) in [6.45, 7) is 1.03. The van der Waals surface area contributed by atoms with Crippen molar-refractivity contribution in [3.8, 4) is 5.75 Å². The molecule has 0 heterocycles. The first-order chi connectivity index (χ1) is 6.86. The minimum absolute atomic E-state index is 0. The summed E-state index contributed by atoms with van der Waals surface area (Å²) in [4.78, 5) is 0. The van der Waals surface area contributed by atoms with Gasteiger partial charge < -0.3 is 22.9 Å². The fraction of sp³-hybridized carbons (Fsp3) is 0.455. The Morgan fingerprint density at radius 3 is 2.40 bits per heavy atom. The summed E-state index contributed by atoms with van der Waals surface area (Å²) in [5.41, 5.74) is 5.05. The van der Waals surface area contributed by atoms with Crippen molar-refractivity contribution in [2.24, 2.45) is 0 Å². The zero-order valence-electron chi connectivity index (χ0n) is 8.72. The fourth-order valence-electron chi connectivity index (χ4n) is 1.20. The zero-order chi connectivity index (χ0) is 10.2. The van der Waals surface area contributed by atoms with Crippen LogP contribution in [0.1, 0.15) is 12.0 Å². The van der Waals surface area contributed by atoms with Crippen LogP contribution in [0.3, 0.4) is 0 Å². The molecule has 1 aromatic carbocycles. The molecule has 0 aliphatic rings. The normalized spacial score (nSPS) is 9.47. The van der Waals surface area contributed by atoms with Crippen LogP contribution in [0.4, 0.5) is 4.39 Å². The average Bonchev–Trinajstić information content (AvgIpc) is 2.21. The maximum atomic E-state index is 11.8. The molecule has 0 unspecified atom stereocenters. The van der Waals surface area contributed by atoms with Gasteiger partial charge in [-0.2, -0.15) is 0 Å². The Hall–Kier alpha value is -0.800. The van der Waals surface area contributed by atoms with Gasteiger partial charge in [0.15, 0.2) is 0 Å². The minimum Gasteiger partial charge on any atom is -1.00 e. The lowest BCUT2D eigenvalue weighted by atomic mass is 10.1. The summed E-state index contributed by atoms with van der Waals surface area (Å²) in [6.07, 6.45) is 1.45. The molecule has 0 bridgehead atoms. The van der Waals surface area contributed by atoms with Crippen LogP contribution < -0.4 is 22.9 Å². The molecular formula is C11H17ClFNO. The molecule has 0 saturated carbocycles. The Bertz CT molecular complexity index is 253. The van der Waals surface area contributed by atoms with Crippen molar-refractivity contribution >= 4 is 0 Å². The molecule has 0 aliphatic carbocycles. The van der Waals surface area contributed by atoms with Gasteiger partial charge in [0.2, 0.25) is 0 Å². The number of halogens is 2. The number of hydrogen-bond acceptors (Lipinski definition) is 1. The van der Waals surface area contributed by atoms with Crippen LogP contribution in [0.2, 0.25) is 0 Å². The van der Waals surface area contributed by atoms with Crippen LogP contribution in [0.5, 0.6) is 5.75 Å². The Labute approximate surface area is 96.0 Å². The van der Waals surface area contributed by atoms with Gasteiger partial charge in [0.05, 0.1) is 19.8 Å². The lowest BCUT2D eigenvalue weighted by Crippen LogP contribution is -3.00. The molecule has 0 amide bonds. The quantitative estimate of drug-likeness (QED) is 0.580. The van der Waals surface area contributed by atoms with Gasteiger partial charge in [-0.1, -0.05) is 12.1 Å². The number of quaternary nitrogens is 1. The van der Waals surface area contributed by atoms with Crippen molar-refractivity contribution in [3.63, 3.8) is 0 Å². The smallest absolute Gasteiger partial charge is 0.119 e. The predicted molar refractivity (Wildman–Crippen MR) is 54.0 cm³/mol. The van der Waals surface area contributed by atoms with Crippen LogP contribution in [-0.2, 0) is 6.42 Å². The molecule has 86 valence electrons. The van der Waals surface area contributed by atoms with Crippen LogP contribution in [0.25, 0.3) is 0 Å². The third-order valence-corrected chi connectivity index (χ3v) is 1.94. The van der Waals surface area contributed by atoms with E-state index in [0.29, 0.717) is 13.0 Å². The third-order valence-electron chi connectivity index (χ3n) is 1.94. The Morgan fingerprint density at radius 2 is 1.87 bits per heavy atom. The molecule has 1 rings (SSSR count). The molecule has 0 fully saturated rings. The highest BCUT2D eigenvalue weighted by molar-refractivity contribution is 5.27. The number of hydrogen-bond donors (Lipinski definition) is 1. The Balaban J connectivity index is 0.00000196. The van der Waals surface area contributed by atoms with E-state index in [-0.39, 0.29) is 19.1 Å². The molecule has 0 radical (unpaired) electrons. The van der Waals surface area contributed by atoms with Gasteiger partial charge in [-0.3, -0.25) is 4.39 Å². The highest BCUT2D eigenvalue weighted by Crippen LogP contribution is 2.12. The van der Waals surface area contributed by atoms with Gasteiger partial charge in [0, 0.05) is 12.8 Å². The monoisotopic (exact) mass is 233 g/mol. The second kappa shape index (κ2) is 8.50. The van der Waals surface area contributed by atoms with Crippen LogP contribution >= 0.6 is 0 Å². The summed E-state index contributed by atoms with van der Waals surface area (Å²) in [5, 5.41) is 0. The number of rotatable bonds is 6. The second-order valence-electron chi connectivity index (χ2n) is 3.14. The van der Waals surface area contributed by atoms with Gasteiger partial charge in [-0.05, 0) is 17.7 Å². The maximum absolute atomic E-state index is 11.8. The SMILES string of the molecule is [Cl-].[NH3+]CCc1ccc(OCCCF)cc1. The number of ether oxygens (including phenoxy) is 1. The fourth-order valence-corrected chi connectivity index (χ4v) is 1.20. The van der Waals surface area contributed by atoms with E-state index in [4.69, 9.17) is 4.74 Å². The first-order valence-corrected chi connectivity index (χ1v) is 4.93. The minimum atomic E-state index is -0.320. The van der Waals surface area contributed by atoms with Gasteiger partial charge >= 0.3 is 0 Å². The van der Waals surface area contributed by atoms with E-state index in [1.165, 1.54) is 5.56 Å². The first kappa shape index (κ1) is 14.2. The van der Waals surface area contributed by atoms with E-state index in [9.17, 15) is 4.39 Å². The molecule has 0 atom stereocenters. The zero-order valence-corrected chi connectivity index (χ0v) is 9.47. The molecule has 3 N–H and O–H groups in total. The molecule has 0 aromatic heterocycles. The van der Waals surface area contributed by atoms with Gasteiger partial charge in [0.25, 0.3) is 0 Å². The molecule has 2 nitrogen and oxygen atoms in total. The highest BCUT2D eigenvalue weighted by Gasteiger charge is 1.95. The van der Waals surface area contributed by atoms with E-state index in [0.717, 1.165) is 18.7 Å². The Kier molecular flexibility index (Phi) is 8.05. The lowest BCUT2D eigenvalue weighted by molar-refractivity contribution is -0.366. The van der Waals surface area contributed by atoms with E-state index < -0.39 is 0 Å². The molecule has 1 aromatic rings. The third kappa shape index (κ3) is 5.60. The highest BCUT2D eigenvalue weighted by atomic mass is 35.5.